The number of carbonyl (C=O) groups excluding carboxylic acids is 1. The number of amides is 1. The SMILES string of the molecule is CCOCc1ccc(CNC(=O)Cc2ccccc2F)cc1. The predicted octanol–water partition coefficient (Wildman–Crippen LogP) is 3.22. The molecule has 0 aliphatic carbocycles. The molecule has 0 aliphatic rings. The van der Waals surface area contributed by atoms with Crippen molar-refractivity contribution in [2.45, 2.75) is 26.5 Å². The third-order valence-corrected chi connectivity index (χ3v) is 3.29. The molecule has 1 N–H and O–H groups in total. The summed E-state index contributed by atoms with van der Waals surface area (Å²) < 4.78 is 18.8. The summed E-state index contributed by atoms with van der Waals surface area (Å²) in [4.78, 5) is 11.8. The number of carbonyl (C=O) groups is 1. The van der Waals surface area contributed by atoms with Gasteiger partial charge in [-0.15, -0.1) is 0 Å². The van der Waals surface area contributed by atoms with Crippen LogP contribution in [0.2, 0.25) is 0 Å². The summed E-state index contributed by atoms with van der Waals surface area (Å²) in [5, 5.41) is 2.80. The minimum Gasteiger partial charge on any atom is -0.377 e. The lowest BCUT2D eigenvalue weighted by Crippen LogP contribution is -2.24. The first kappa shape index (κ1) is 16.2. The molecular weight excluding hydrogens is 281 g/mol. The number of benzene rings is 2. The third kappa shape index (κ3) is 4.97. The van der Waals surface area contributed by atoms with Gasteiger partial charge in [-0.1, -0.05) is 42.5 Å². The van der Waals surface area contributed by atoms with Crippen LogP contribution in [0.3, 0.4) is 0 Å². The van der Waals surface area contributed by atoms with E-state index < -0.39 is 0 Å². The number of hydrogen-bond acceptors (Lipinski definition) is 2. The van der Waals surface area contributed by atoms with E-state index in [-0.39, 0.29) is 18.1 Å². The molecule has 1 amide bonds. The maximum Gasteiger partial charge on any atom is 0.224 e. The minimum absolute atomic E-state index is 0.0507. The minimum atomic E-state index is -0.349. The highest BCUT2D eigenvalue weighted by atomic mass is 19.1. The summed E-state index contributed by atoms with van der Waals surface area (Å²) in [5.41, 5.74) is 2.51. The first-order chi connectivity index (χ1) is 10.7. The summed E-state index contributed by atoms with van der Waals surface area (Å²) in [7, 11) is 0. The van der Waals surface area contributed by atoms with Crippen molar-refractivity contribution < 1.29 is 13.9 Å². The second-order valence-corrected chi connectivity index (χ2v) is 5.00. The molecule has 4 heteroatoms. The van der Waals surface area contributed by atoms with E-state index in [4.69, 9.17) is 4.74 Å². The Balaban J connectivity index is 1.82. The number of halogens is 1. The maximum atomic E-state index is 13.5. The fourth-order valence-electron chi connectivity index (χ4n) is 2.05. The molecule has 0 heterocycles. The quantitative estimate of drug-likeness (QED) is 0.852. The van der Waals surface area contributed by atoms with E-state index in [2.05, 4.69) is 5.32 Å². The van der Waals surface area contributed by atoms with Gasteiger partial charge in [0.05, 0.1) is 13.0 Å². The molecule has 0 unspecified atom stereocenters. The van der Waals surface area contributed by atoms with Crippen LogP contribution < -0.4 is 5.32 Å². The fraction of sp³-hybridized carbons (Fsp3) is 0.278. The van der Waals surface area contributed by atoms with Crippen LogP contribution in [0, 0.1) is 5.82 Å². The van der Waals surface area contributed by atoms with Crippen LogP contribution >= 0.6 is 0 Å². The normalized spacial score (nSPS) is 10.5. The van der Waals surface area contributed by atoms with Crippen LogP contribution in [0.5, 0.6) is 0 Å². The van der Waals surface area contributed by atoms with E-state index in [1.165, 1.54) is 6.07 Å². The Morgan fingerprint density at radius 3 is 2.45 bits per heavy atom. The van der Waals surface area contributed by atoms with Gasteiger partial charge in [0.15, 0.2) is 0 Å². The van der Waals surface area contributed by atoms with Gasteiger partial charge in [0.1, 0.15) is 5.82 Å². The Labute approximate surface area is 130 Å². The lowest BCUT2D eigenvalue weighted by Gasteiger charge is -2.07. The van der Waals surface area contributed by atoms with Crippen molar-refractivity contribution in [1.82, 2.24) is 5.32 Å². The van der Waals surface area contributed by atoms with Crippen molar-refractivity contribution in [2.24, 2.45) is 0 Å². The second-order valence-electron chi connectivity index (χ2n) is 5.00. The van der Waals surface area contributed by atoms with Crippen molar-refractivity contribution >= 4 is 5.91 Å². The van der Waals surface area contributed by atoms with Crippen LogP contribution in [0.1, 0.15) is 23.6 Å². The molecule has 0 saturated heterocycles. The first-order valence-electron chi connectivity index (χ1n) is 7.34. The lowest BCUT2D eigenvalue weighted by atomic mass is 10.1. The van der Waals surface area contributed by atoms with Gasteiger partial charge < -0.3 is 10.1 Å². The largest absolute Gasteiger partial charge is 0.377 e. The average molecular weight is 301 g/mol. The molecule has 2 aromatic carbocycles. The van der Waals surface area contributed by atoms with Gasteiger partial charge >= 0.3 is 0 Å². The zero-order chi connectivity index (χ0) is 15.8. The van der Waals surface area contributed by atoms with E-state index in [1.807, 2.05) is 31.2 Å². The molecule has 0 aromatic heterocycles. The Morgan fingerprint density at radius 2 is 1.77 bits per heavy atom. The molecule has 0 radical (unpaired) electrons. The van der Waals surface area contributed by atoms with Gasteiger partial charge in [-0.2, -0.15) is 0 Å². The maximum absolute atomic E-state index is 13.5. The number of rotatable bonds is 7. The van der Waals surface area contributed by atoms with Crippen LogP contribution in [-0.4, -0.2) is 12.5 Å². The summed E-state index contributed by atoms with van der Waals surface area (Å²) >= 11 is 0. The monoisotopic (exact) mass is 301 g/mol. The van der Waals surface area contributed by atoms with Crippen molar-refractivity contribution in [2.75, 3.05) is 6.61 Å². The van der Waals surface area contributed by atoms with Crippen LogP contribution in [0.15, 0.2) is 48.5 Å². The molecule has 2 aromatic rings. The molecule has 0 bridgehead atoms. The molecule has 0 atom stereocenters. The zero-order valence-electron chi connectivity index (χ0n) is 12.6. The van der Waals surface area contributed by atoms with Gasteiger partial charge in [-0.05, 0) is 29.7 Å². The van der Waals surface area contributed by atoms with E-state index in [0.717, 1.165) is 11.1 Å². The lowest BCUT2D eigenvalue weighted by molar-refractivity contribution is -0.120. The summed E-state index contributed by atoms with van der Waals surface area (Å²) in [5.74, 6) is -0.540. The molecule has 0 aliphatic heterocycles. The van der Waals surface area contributed by atoms with E-state index in [0.29, 0.717) is 25.3 Å². The molecular formula is C18H20FNO2. The topological polar surface area (TPSA) is 38.3 Å². The van der Waals surface area contributed by atoms with E-state index >= 15 is 0 Å². The highest BCUT2D eigenvalue weighted by Gasteiger charge is 2.07. The van der Waals surface area contributed by atoms with Crippen LogP contribution in [0.4, 0.5) is 4.39 Å². The van der Waals surface area contributed by atoms with Gasteiger partial charge in [0.2, 0.25) is 5.91 Å². The Morgan fingerprint density at radius 1 is 1.09 bits per heavy atom. The number of hydrogen-bond donors (Lipinski definition) is 1. The molecule has 0 fully saturated rings. The fourth-order valence-corrected chi connectivity index (χ4v) is 2.05. The highest BCUT2D eigenvalue weighted by molar-refractivity contribution is 5.78. The summed E-state index contributed by atoms with van der Waals surface area (Å²) in [6.07, 6.45) is 0.0507. The van der Waals surface area contributed by atoms with Crippen molar-refractivity contribution in [3.8, 4) is 0 Å². The van der Waals surface area contributed by atoms with Gasteiger partial charge in [-0.25, -0.2) is 4.39 Å². The van der Waals surface area contributed by atoms with Crippen LogP contribution in [0.25, 0.3) is 0 Å². The molecule has 3 nitrogen and oxygen atoms in total. The molecule has 22 heavy (non-hydrogen) atoms. The Bertz CT molecular complexity index is 611. The Hall–Kier alpha value is -2.20. The van der Waals surface area contributed by atoms with E-state index in [9.17, 15) is 9.18 Å². The molecule has 0 saturated carbocycles. The van der Waals surface area contributed by atoms with Crippen molar-refractivity contribution in [3.63, 3.8) is 0 Å². The number of ether oxygens (including phenoxy) is 1. The first-order valence-corrected chi connectivity index (χ1v) is 7.34. The van der Waals surface area contributed by atoms with Crippen LogP contribution in [-0.2, 0) is 29.1 Å². The van der Waals surface area contributed by atoms with Gasteiger partial charge in [0.25, 0.3) is 0 Å². The molecule has 116 valence electrons. The average Bonchev–Trinajstić information content (AvgIpc) is 2.54. The standard InChI is InChI=1S/C18H20FNO2/c1-2-22-13-15-9-7-14(8-10-15)12-20-18(21)11-16-5-3-4-6-17(16)19/h3-10H,2,11-13H2,1H3,(H,20,21). The third-order valence-electron chi connectivity index (χ3n) is 3.29. The molecule has 2 rings (SSSR count). The predicted molar refractivity (Wildman–Crippen MR) is 83.7 cm³/mol. The second kappa shape index (κ2) is 8.29. The van der Waals surface area contributed by atoms with E-state index in [1.54, 1.807) is 18.2 Å². The molecule has 0 spiro atoms. The highest BCUT2D eigenvalue weighted by Crippen LogP contribution is 2.08. The van der Waals surface area contributed by atoms with Gasteiger partial charge in [-0.3, -0.25) is 4.79 Å². The van der Waals surface area contributed by atoms with Gasteiger partial charge in [0, 0.05) is 13.2 Å². The van der Waals surface area contributed by atoms with Crippen molar-refractivity contribution in [3.05, 3.63) is 71.0 Å². The summed E-state index contributed by atoms with van der Waals surface area (Å²) in [6.45, 7) is 3.67. The Kier molecular flexibility index (Phi) is 6.10. The smallest absolute Gasteiger partial charge is 0.224 e. The van der Waals surface area contributed by atoms with Crippen molar-refractivity contribution in [1.29, 1.82) is 0 Å². The summed E-state index contributed by atoms with van der Waals surface area (Å²) in [6, 6.07) is 14.2. The number of nitrogens with one attached hydrogen (secondary N) is 1. The zero-order valence-corrected chi connectivity index (χ0v) is 12.6.